The average molecular weight is 252 g/mol. The smallest absolute Gasteiger partial charge is 0.0935 e. The predicted octanol–water partition coefficient (Wildman–Crippen LogP) is 3.27. The van der Waals surface area contributed by atoms with Gasteiger partial charge in [-0.1, -0.05) is 0 Å². The van der Waals surface area contributed by atoms with Crippen molar-refractivity contribution in [2.24, 2.45) is 5.92 Å². The monoisotopic (exact) mass is 252 g/mol. The Kier molecular flexibility index (Phi) is 4.46. The summed E-state index contributed by atoms with van der Waals surface area (Å²) in [5, 5.41) is 7.04. The fourth-order valence-electron chi connectivity index (χ4n) is 2.86. The third kappa shape index (κ3) is 3.23. The van der Waals surface area contributed by atoms with E-state index < -0.39 is 0 Å². The molecule has 1 heterocycles. The molecule has 1 aromatic heterocycles. The number of rotatable bonds is 4. The van der Waals surface area contributed by atoms with Crippen LogP contribution in [0.3, 0.4) is 0 Å². The van der Waals surface area contributed by atoms with Crippen LogP contribution in [0.1, 0.15) is 31.2 Å². The van der Waals surface area contributed by atoms with Gasteiger partial charge in [0.05, 0.1) is 5.00 Å². The minimum Gasteiger partial charge on any atom is -0.366 e. The quantitative estimate of drug-likeness (QED) is 0.885. The molecule has 2 rings (SSSR count). The summed E-state index contributed by atoms with van der Waals surface area (Å²) in [6, 6.07) is 2.98. The van der Waals surface area contributed by atoms with E-state index in [0.717, 1.165) is 12.0 Å². The Bertz CT molecular complexity index is 340. The molecule has 1 aliphatic rings. The summed E-state index contributed by atoms with van der Waals surface area (Å²) in [5.74, 6) is 0.881. The first kappa shape index (κ1) is 12.9. The van der Waals surface area contributed by atoms with Crippen LogP contribution in [0.25, 0.3) is 0 Å². The van der Waals surface area contributed by atoms with Crippen molar-refractivity contribution in [1.82, 2.24) is 5.32 Å². The van der Waals surface area contributed by atoms with Gasteiger partial charge in [0.1, 0.15) is 0 Å². The minimum atomic E-state index is 0.764. The normalized spacial score (nSPS) is 24.9. The highest BCUT2D eigenvalue weighted by Crippen LogP contribution is 2.30. The van der Waals surface area contributed by atoms with Gasteiger partial charge in [0, 0.05) is 19.6 Å². The summed E-state index contributed by atoms with van der Waals surface area (Å²) in [7, 11) is 4.33. The molecule has 0 bridgehead atoms. The Labute approximate surface area is 109 Å². The highest BCUT2D eigenvalue weighted by atomic mass is 32.1. The van der Waals surface area contributed by atoms with Crippen molar-refractivity contribution in [3.8, 4) is 0 Å². The van der Waals surface area contributed by atoms with Crippen molar-refractivity contribution in [3.05, 3.63) is 17.0 Å². The van der Waals surface area contributed by atoms with Gasteiger partial charge < -0.3 is 10.2 Å². The topological polar surface area (TPSA) is 15.3 Å². The van der Waals surface area contributed by atoms with Crippen LogP contribution in [0, 0.1) is 12.8 Å². The van der Waals surface area contributed by atoms with Crippen LogP contribution in [-0.2, 0) is 0 Å². The number of thiophene rings is 1. The van der Waals surface area contributed by atoms with Gasteiger partial charge in [-0.3, -0.25) is 0 Å². The van der Waals surface area contributed by atoms with Crippen LogP contribution < -0.4 is 10.2 Å². The van der Waals surface area contributed by atoms with Gasteiger partial charge >= 0.3 is 0 Å². The average Bonchev–Trinajstić information content (AvgIpc) is 2.76. The van der Waals surface area contributed by atoms with E-state index >= 15 is 0 Å². The van der Waals surface area contributed by atoms with Gasteiger partial charge in [-0.05, 0) is 62.6 Å². The van der Waals surface area contributed by atoms with Crippen molar-refractivity contribution < 1.29 is 0 Å². The Morgan fingerprint density at radius 1 is 1.35 bits per heavy atom. The Hall–Kier alpha value is -0.540. The second-order valence-electron chi connectivity index (χ2n) is 5.30. The van der Waals surface area contributed by atoms with Gasteiger partial charge in [-0.15, -0.1) is 11.3 Å². The summed E-state index contributed by atoms with van der Waals surface area (Å²) >= 11 is 1.86. The molecule has 0 aromatic carbocycles. The van der Waals surface area contributed by atoms with E-state index in [4.69, 9.17) is 0 Å². The predicted molar refractivity (Wildman–Crippen MR) is 77.1 cm³/mol. The highest BCUT2D eigenvalue weighted by molar-refractivity contribution is 7.14. The van der Waals surface area contributed by atoms with Crippen molar-refractivity contribution in [3.63, 3.8) is 0 Å². The van der Waals surface area contributed by atoms with E-state index in [9.17, 15) is 0 Å². The van der Waals surface area contributed by atoms with Crippen molar-refractivity contribution in [2.75, 3.05) is 25.5 Å². The molecule has 2 nitrogen and oxygen atoms in total. The lowest BCUT2D eigenvalue weighted by molar-refractivity contribution is 0.305. The van der Waals surface area contributed by atoms with E-state index in [-0.39, 0.29) is 0 Å². The van der Waals surface area contributed by atoms with Crippen LogP contribution in [0.5, 0.6) is 0 Å². The van der Waals surface area contributed by atoms with Gasteiger partial charge in [-0.2, -0.15) is 0 Å². The van der Waals surface area contributed by atoms with Gasteiger partial charge in [0.25, 0.3) is 0 Å². The second kappa shape index (κ2) is 5.87. The third-order valence-electron chi connectivity index (χ3n) is 3.97. The molecule has 0 radical (unpaired) electrons. The molecule has 0 aliphatic heterocycles. The highest BCUT2D eigenvalue weighted by Gasteiger charge is 2.21. The Balaban J connectivity index is 1.84. The summed E-state index contributed by atoms with van der Waals surface area (Å²) in [6.45, 7) is 3.43. The molecule has 1 saturated carbocycles. The standard InChI is InChI=1S/C14H24N2S/c1-11-8-9-17-14(11)16(3)10-12-4-6-13(15-2)7-5-12/h8-9,12-13,15H,4-7,10H2,1-3H3. The second-order valence-corrected chi connectivity index (χ2v) is 6.19. The summed E-state index contributed by atoms with van der Waals surface area (Å²) in [6.07, 6.45) is 5.44. The molecule has 0 atom stereocenters. The molecular weight excluding hydrogens is 228 g/mol. The zero-order valence-electron chi connectivity index (χ0n) is 11.2. The molecule has 0 saturated heterocycles. The minimum absolute atomic E-state index is 0.764. The molecule has 1 fully saturated rings. The molecule has 0 amide bonds. The number of nitrogens with zero attached hydrogens (tertiary/aromatic N) is 1. The fraction of sp³-hybridized carbons (Fsp3) is 0.714. The molecule has 1 aliphatic carbocycles. The largest absolute Gasteiger partial charge is 0.366 e. The van der Waals surface area contributed by atoms with Gasteiger partial charge in [0.15, 0.2) is 0 Å². The Morgan fingerprint density at radius 2 is 2.06 bits per heavy atom. The van der Waals surface area contributed by atoms with E-state index in [0.29, 0.717) is 0 Å². The Morgan fingerprint density at radius 3 is 2.59 bits per heavy atom. The molecule has 17 heavy (non-hydrogen) atoms. The lowest BCUT2D eigenvalue weighted by Gasteiger charge is -2.31. The lowest BCUT2D eigenvalue weighted by Crippen LogP contribution is -2.34. The molecule has 1 N–H and O–H groups in total. The first-order valence-electron chi connectivity index (χ1n) is 6.63. The number of hydrogen-bond acceptors (Lipinski definition) is 3. The maximum Gasteiger partial charge on any atom is 0.0935 e. The van der Waals surface area contributed by atoms with E-state index in [1.165, 1.54) is 42.8 Å². The van der Waals surface area contributed by atoms with Crippen LogP contribution in [-0.4, -0.2) is 26.7 Å². The van der Waals surface area contributed by atoms with Gasteiger partial charge in [-0.25, -0.2) is 0 Å². The third-order valence-corrected chi connectivity index (χ3v) is 5.10. The number of nitrogens with one attached hydrogen (secondary N) is 1. The molecule has 0 spiro atoms. The maximum atomic E-state index is 3.40. The van der Waals surface area contributed by atoms with Crippen molar-refractivity contribution in [2.45, 2.75) is 38.6 Å². The number of aryl methyl sites for hydroxylation is 1. The molecular formula is C14H24N2S. The SMILES string of the molecule is CNC1CCC(CN(C)c2sccc2C)CC1. The zero-order chi connectivity index (χ0) is 12.3. The molecule has 96 valence electrons. The van der Waals surface area contributed by atoms with E-state index in [2.05, 4.69) is 42.7 Å². The van der Waals surface area contributed by atoms with E-state index in [1.807, 2.05) is 11.3 Å². The van der Waals surface area contributed by atoms with Crippen molar-refractivity contribution in [1.29, 1.82) is 0 Å². The van der Waals surface area contributed by atoms with Crippen LogP contribution in [0.15, 0.2) is 11.4 Å². The summed E-state index contributed by atoms with van der Waals surface area (Å²) in [5.41, 5.74) is 1.42. The van der Waals surface area contributed by atoms with Crippen LogP contribution in [0.4, 0.5) is 5.00 Å². The van der Waals surface area contributed by atoms with Crippen LogP contribution in [0.2, 0.25) is 0 Å². The number of anilines is 1. The van der Waals surface area contributed by atoms with Gasteiger partial charge in [0.2, 0.25) is 0 Å². The zero-order valence-corrected chi connectivity index (χ0v) is 12.0. The number of hydrogen-bond donors (Lipinski definition) is 1. The van der Waals surface area contributed by atoms with E-state index in [1.54, 1.807) is 0 Å². The lowest BCUT2D eigenvalue weighted by atomic mass is 9.86. The summed E-state index contributed by atoms with van der Waals surface area (Å²) in [4.78, 5) is 2.45. The maximum absolute atomic E-state index is 3.40. The fourth-order valence-corrected chi connectivity index (χ4v) is 3.77. The van der Waals surface area contributed by atoms with Crippen LogP contribution >= 0.6 is 11.3 Å². The molecule has 3 heteroatoms. The molecule has 1 aromatic rings. The first-order chi connectivity index (χ1) is 8.20. The van der Waals surface area contributed by atoms with Crippen molar-refractivity contribution >= 4 is 16.3 Å². The molecule has 0 unspecified atom stereocenters. The first-order valence-corrected chi connectivity index (χ1v) is 7.51. The summed E-state index contributed by atoms with van der Waals surface area (Å²) < 4.78 is 0.